The van der Waals surface area contributed by atoms with Gasteiger partial charge in [0.05, 0.1) is 7.11 Å². The Hall–Kier alpha value is -1.36. The molecule has 110 valence electrons. The zero-order chi connectivity index (χ0) is 15.3. The minimum atomic E-state index is -0.596. The fraction of sp³-hybridized carbons (Fsp3) is 0.467. The molecule has 0 saturated heterocycles. The first kappa shape index (κ1) is 16.7. The van der Waals surface area contributed by atoms with Gasteiger partial charge in [-0.3, -0.25) is 4.79 Å². The van der Waals surface area contributed by atoms with Crippen LogP contribution in [0.2, 0.25) is 0 Å². The predicted molar refractivity (Wildman–Crippen MR) is 81.8 cm³/mol. The Bertz CT molecular complexity index is 491. The maximum atomic E-state index is 12.2. The monoisotopic (exact) mass is 341 g/mol. The number of benzene rings is 1. The van der Waals surface area contributed by atoms with Crippen molar-refractivity contribution < 1.29 is 14.3 Å². The largest absolute Gasteiger partial charge is 0.467 e. The van der Waals surface area contributed by atoms with Gasteiger partial charge in [-0.1, -0.05) is 29.3 Å². The summed E-state index contributed by atoms with van der Waals surface area (Å²) in [4.78, 5) is 23.8. The zero-order valence-electron chi connectivity index (χ0n) is 12.2. The Kier molecular flexibility index (Phi) is 6.20. The van der Waals surface area contributed by atoms with Crippen molar-refractivity contribution in [2.45, 2.75) is 39.7 Å². The summed E-state index contributed by atoms with van der Waals surface area (Å²) in [5, 5.41) is 2.73. The summed E-state index contributed by atoms with van der Waals surface area (Å²) in [7, 11) is 1.32. The summed E-state index contributed by atoms with van der Waals surface area (Å²) in [6.45, 7) is 5.81. The van der Waals surface area contributed by atoms with Gasteiger partial charge < -0.3 is 10.1 Å². The SMILES string of the molecule is CCCC(NC(=O)c1cc(C)c(Br)c(C)c1)C(=O)OC. The molecule has 20 heavy (non-hydrogen) atoms. The number of hydrogen-bond donors (Lipinski definition) is 1. The van der Waals surface area contributed by atoms with Crippen LogP contribution in [0.4, 0.5) is 0 Å². The van der Waals surface area contributed by atoms with Gasteiger partial charge in [0.15, 0.2) is 0 Å². The zero-order valence-corrected chi connectivity index (χ0v) is 13.8. The van der Waals surface area contributed by atoms with E-state index in [1.807, 2.05) is 20.8 Å². The van der Waals surface area contributed by atoms with Crippen molar-refractivity contribution in [2.24, 2.45) is 0 Å². The standard InChI is InChI=1S/C15H20BrNO3/c1-5-6-12(15(19)20-4)17-14(18)11-7-9(2)13(16)10(3)8-11/h7-8,12H,5-6H2,1-4H3,(H,17,18). The van der Waals surface area contributed by atoms with E-state index in [-0.39, 0.29) is 5.91 Å². The second kappa shape index (κ2) is 7.43. The van der Waals surface area contributed by atoms with E-state index in [0.717, 1.165) is 22.0 Å². The van der Waals surface area contributed by atoms with Crippen molar-refractivity contribution in [2.75, 3.05) is 7.11 Å². The van der Waals surface area contributed by atoms with Crippen LogP contribution in [-0.2, 0) is 9.53 Å². The maximum Gasteiger partial charge on any atom is 0.328 e. The number of rotatable bonds is 5. The van der Waals surface area contributed by atoms with Crippen molar-refractivity contribution in [3.05, 3.63) is 33.3 Å². The van der Waals surface area contributed by atoms with Gasteiger partial charge in [0, 0.05) is 10.0 Å². The number of methoxy groups -OCH3 is 1. The van der Waals surface area contributed by atoms with Crippen molar-refractivity contribution in [1.82, 2.24) is 5.32 Å². The summed E-state index contributed by atoms with van der Waals surface area (Å²) in [5.41, 5.74) is 2.52. The first-order valence-electron chi connectivity index (χ1n) is 6.56. The Morgan fingerprint density at radius 3 is 2.30 bits per heavy atom. The van der Waals surface area contributed by atoms with E-state index in [0.29, 0.717) is 12.0 Å². The number of amides is 1. The minimum absolute atomic E-state index is 0.257. The minimum Gasteiger partial charge on any atom is -0.467 e. The van der Waals surface area contributed by atoms with Crippen LogP contribution in [0, 0.1) is 13.8 Å². The van der Waals surface area contributed by atoms with Gasteiger partial charge in [-0.2, -0.15) is 0 Å². The lowest BCUT2D eigenvalue weighted by Gasteiger charge is -2.16. The highest BCUT2D eigenvalue weighted by Crippen LogP contribution is 2.22. The highest BCUT2D eigenvalue weighted by Gasteiger charge is 2.21. The van der Waals surface area contributed by atoms with E-state index in [2.05, 4.69) is 21.2 Å². The fourth-order valence-corrected chi connectivity index (χ4v) is 2.23. The molecule has 0 aliphatic carbocycles. The second-order valence-corrected chi connectivity index (χ2v) is 5.55. The highest BCUT2D eigenvalue weighted by molar-refractivity contribution is 9.10. The highest BCUT2D eigenvalue weighted by atomic mass is 79.9. The molecular formula is C15H20BrNO3. The van der Waals surface area contributed by atoms with Gasteiger partial charge in [0.25, 0.3) is 5.91 Å². The number of carbonyl (C=O) groups is 2. The fourth-order valence-electron chi connectivity index (χ4n) is 2.00. The van der Waals surface area contributed by atoms with Gasteiger partial charge in [-0.15, -0.1) is 0 Å². The lowest BCUT2D eigenvalue weighted by atomic mass is 10.1. The molecule has 1 unspecified atom stereocenters. The quantitative estimate of drug-likeness (QED) is 0.837. The smallest absolute Gasteiger partial charge is 0.328 e. The van der Waals surface area contributed by atoms with Crippen LogP contribution >= 0.6 is 15.9 Å². The third-order valence-corrected chi connectivity index (χ3v) is 4.32. The van der Waals surface area contributed by atoms with Crippen LogP contribution in [0.25, 0.3) is 0 Å². The topological polar surface area (TPSA) is 55.4 Å². The summed E-state index contributed by atoms with van der Waals surface area (Å²) in [6, 6.07) is 3.00. The normalized spacial score (nSPS) is 11.8. The average molecular weight is 342 g/mol. The number of hydrogen-bond acceptors (Lipinski definition) is 3. The molecule has 0 aliphatic rings. The van der Waals surface area contributed by atoms with Crippen molar-refractivity contribution in [3.8, 4) is 0 Å². The first-order chi connectivity index (χ1) is 9.40. The van der Waals surface area contributed by atoms with Gasteiger partial charge in [-0.25, -0.2) is 4.79 Å². The van der Waals surface area contributed by atoms with Crippen LogP contribution in [-0.4, -0.2) is 25.0 Å². The van der Waals surface area contributed by atoms with E-state index in [4.69, 9.17) is 4.74 Å². The molecule has 4 nitrogen and oxygen atoms in total. The van der Waals surface area contributed by atoms with Crippen LogP contribution < -0.4 is 5.32 Å². The Labute approximate surface area is 128 Å². The summed E-state index contributed by atoms with van der Waals surface area (Å²) in [5.74, 6) is -0.668. The van der Waals surface area contributed by atoms with Crippen molar-refractivity contribution in [3.63, 3.8) is 0 Å². The van der Waals surface area contributed by atoms with Gasteiger partial charge in [-0.05, 0) is 43.5 Å². The maximum absolute atomic E-state index is 12.2. The molecule has 0 spiro atoms. The van der Waals surface area contributed by atoms with Crippen molar-refractivity contribution >= 4 is 27.8 Å². The molecule has 0 heterocycles. The number of aryl methyl sites for hydroxylation is 2. The number of nitrogens with one attached hydrogen (secondary N) is 1. The molecule has 0 radical (unpaired) electrons. The van der Waals surface area contributed by atoms with Crippen LogP contribution in [0.15, 0.2) is 16.6 Å². The molecule has 0 aromatic heterocycles. The Morgan fingerprint density at radius 1 is 1.30 bits per heavy atom. The summed E-state index contributed by atoms with van der Waals surface area (Å²) >= 11 is 3.47. The van der Waals surface area contributed by atoms with E-state index >= 15 is 0 Å². The second-order valence-electron chi connectivity index (χ2n) is 4.76. The van der Waals surface area contributed by atoms with E-state index in [9.17, 15) is 9.59 Å². The van der Waals surface area contributed by atoms with E-state index in [1.54, 1.807) is 12.1 Å². The number of esters is 1. The summed E-state index contributed by atoms with van der Waals surface area (Å²) in [6.07, 6.45) is 1.35. The molecule has 1 rings (SSSR count). The number of carbonyl (C=O) groups excluding carboxylic acids is 2. The molecule has 0 fully saturated rings. The van der Waals surface area contributed by atoms with Gasteiger partial charge in [0.1, 0.15) is 6.04 Å². The van der Waals surface area contributed by atoms with Crippen molar-refractivity contribution in [1.29, 1.82) is 0 Å². The Balaban J connectivity index is 2.91. The lowest BCUT2D eigenvalue weighted by molar-refractivity contribution is -0.143. The first-order valence-corrected chi connectivity index (χ1v) is 7.35. The molecule has 0 bridgehead atoms. The predicted octanol–water partition coefficient (Wildman–Crippen LogP) is 3.14. The Morgan fingerprint density at radius 2 is 1.85 bits per heavy atom. The molecular weight excluding hydrogens is 322 g/mol. The molecule has 0 aliphatic heterocycles. The van der Waals surface area contributed by atoms with Gasteiger partial charge >= 0.3 is 5.97 Å². The van der Waals surface area contributed by atoms with Gasteiger partial charge in [0.2, 0.25) is 0 Å². The molecule has 1 atom stereocenters. The average Bonchev–Trinajstić information content (AvgIpc) is 2.42. The summed E-state index contributed by atoms with van der Waals surface area (Å²) < 4.78 is 5.70. The molecule has 1 N–H and O–H groups in total. The molecule has 1 amide bonds. The number of ether oxygens (including phenoxy) is 1. The molecule has 1 aromatic rings. The van der Waals surface area contributed by atoms with Crippen LogP contribution in [0.5, 0.6) is 0 Å². The molecule has 1 aromatic carbocycles. The molecule has 5 heteroatoms. The number of halogens is 1. The third kappa shape index (κ3) is 4.07. The lowest BCUT2D eigenvalue weighted by Crippen LogP contribution is -2.41. The van der Waals surface area contributed by atoms with Crippen LogP contribution in [0.1, 0.15) is 41.3 Å². The van der Waals surface area contributed by atoms with Crippen LogP contribution in [0.3, 0.4) is 0 Å². The van der Waals surface area contributed by atoms with E-state index in [1.165, 1.54) is 7.11 Å². The molecule has 0 saturated carbocycles. The van der Waals surface area contributed by atoms with E-state index < -0.39 is 12.0 Å². The third-order valence-electron chi connectivity index (χ3n) is 3.07.